The molecular weight excluding hydrogens is 288 g/mol. The Morgan fingerprint density at radius 2 is 1.81 bits per heavy atom. The van der Waals surface area contributed by atoms with Gasteiger partial charge in [0.15, 0.2) is 9.84 Å². The molecule has 2 heterocycles. The minimum atomic E-state index is -3.45. The molecule has 21 heavy (non-hydrogen) atoms. The number of fused-ring (bicyclic) bond motifs is 3. The molecule has 2 aliphatic heterocycles. The molecule has 1 N–H and O–H groups in total. The molecule has 1 aromatic carbocycles. The van der Waals surface area contributed by atoms with Gasteiger partial charge in [0, 0.05) is 5.41 Å². The van der Waals surface area contributed by atoms with Crippen LogP contribution in [0.1, 0.15) is 33.1 Å². The van der Waals surface area contributed by atoms with Crippen molar-refractivity contribution >= 4 is 9.84 Å². The van der Waals surface area contributed by atoms with Crippen LogP contribution in [-0.2, 0) is 14.6 Å². The largest absolute Gasteiger partial charge is 0.387 e. The van der Waals surface area contributed by atoms with Crippen molar-refractivity contribution < 1.29 is 18.3 Å². The molecule has 114 valence electrons. The Kier molecular flexibility index (Phi) is 2.42. The first-order chi connectivity index (χ1) is 9.76. The van der Waals surface area contributed by atoms with Crippen LogP contribution in [0.4, 0.5) is 0 Å². The highest BCUT2D eigenvalue weighted by molar-refractivity contribution is 7.92. The van der Waals surface area contributed by atoms with E-state index in [0.717, 1.165) is 12.8 Å². The zero-order valence-electron chi connectivity index (χ0n) is 12.2. The fraction of sp³-hybridized carbons (Fsp3) is 0.625. The molecule has 1 aliphatic carbocycles. The summed E-state index contributed by atoms with van der Waals surface area (Å²) in [5.41, 5.74) is -2.09. The second kappa shape index (κ2) is 3.70. The van der Waals surface area contributed by atoms with Gasteiger partial charge in [0.25, 0.3) is 0 Å². The summed E-state index contributed by atoms with van der Waals surface area (Å²) in [6.45, 7) is 3.69. The molecule has 1 spiro atoms. The summed E-state index contributed by atoms with van der Waals surface area (Å²) < 4.78 is 32.0. The number of benzene rings is 1. The lowest BCUT2D eigenvalue weighted by Gasteiger charge is -2.43. The van der Waals surface area contributed by atoms with Crippen LogP contribution in [0, 0.1) is 5.41 Å². The zero-order valence-corrected chi connectivity index (χ0v) is 13.1. The molecule has 2 bridgehead atoms. The van der Waals surface area contributed by atoms with Crippen molar-refractivity contribution in [2.45, 2.75) is 60.6 Å². The second-order valence-corrected chi connectivity index (χ2v) is 9.16. The van der Waals surface area contributed by atoms with Crippen LogP contribution in [-0.4, -0.2) is 36.1 Å². The maximum absolute atomic E-state index is 13.0. The summed E-state index contributed by atoms with van der Waals surface area (Å²) in [6.07, 6.45) is 1.68. The minimum absolute atomic E-state index is 0.350. The molecule has 4 nitrogen and oxygen atoms in total. The number of aliphatic hydroxyl groups is 1. The Morgan fingerprint density at radius 3 is 2.33 bits per heavy atom. The normalized spacial score (nSPS) is 43.4. The van der Waals surface area contributed by atoms with E-state index in [1.807, 2.05) is 13.0 Å². The van der Waals surface area contributed by atoms with Gasteiger partial charge < -0.3 is 9.84 Å². The van der Waals surface area contributed by atoms with Crippen molar-refractivity contribution in [3.05, 3.63) is 30.3 Å². The molecule has 3 aliphatic rings. The Morgan fingerprint density at radius 1 is 1.19 bits per heavy atom. The second-order valence-electron chi connectivity index (χ2n) is 7.03. The van der Waals surface area contributed by atoms with Gasteiger partial charge >= 0.3 is 0 Å². The molecule has 1 saturated carbocycles. The van der Waals surface area contributed by atoms with Crippen molar-refractivity contribution in [1.29, 1.82) is 0 Å². The number of sulfone groups is 1. The van der Waals surface area contributed by atoms with Gasteiger partial charge in [0.1, 0.15) is 0 Å². The number of hydrogen-bond donors (Lipinski definition) is 1. The highest BCUT2D eigenvalue weighted by Gasteiger charge is 2.81. The molecule has 0 aromatic heterocycles. The first-order valence-corrected chi connectivity index (χ1v) is 8.99. The van der Waals surface area contributed by atoms with Gasteiger partial charge in [0.05, 0.1) is 27.5 Å². The fourth-order valence-corrected chi connectivity index (χ4v) is 6.91. The Labute approximate surface area is 125 Å². The Bertz CT molecular complexity index is 690. The summed E-state index contributed by atoms with van der Waals surface area (Å²) in [7, 11) is -3.45. The average molecular weight is 308 g/mol. The van der Waals surface area contributed by atoms with Crippen LogP contribution in [0.3, 0.4) is 0 Å². The lowest BCUT2D eigenvalue weighted by molar-refractivity contribution is -0.0422. The first-order valence-electron chi connectivity index (χ1n) is 7.45. The van der Waals surface area contributed by atoms with E-state index in [0.29, 0.717) is 11.3 Å². The van der Waals surface area contributed by atoms with Gasteiger partial charge in [-0.2, -0.15) is 0 Å². The van der Waals surface area contributed by atoms with Crippen molar-refractivity contribution in [1.82, 2.24) is 0 Å². The Balaban J connectivity index is 1.80. The van der Waals surface area contributed by atoms with E-state index in [1.54, 1.807) is 31.2 Å². The van der Waals surface area contributed by atoms with Crippen molar-refractivity contribution in [2.24, 2.45) is 5.41 Å². The number of ether oxygens (including phenoxy) is 1. The predicted molar refractivity (Wildman–Crippen MR) is 77.6 cm³/mol. The molecule has 0 amide bonds. The Hall–Kier alpha value is -0.910. The third-order valence-electron chi connectivity index (χ3n) is 6.17. The summed E-state index contributed by atoms with van der Waals surface area (Å²) in [5.74, 6) is 0. The summed E-state index contributed by atoms with van der Waals surface area (Å²) >= 11 is 0. The van der Waals surface area contributed by atoms with Gasteiger partial charge in [-0.3, -0.25) is 0 Å². The highest BCUT2D eigenvalue weighted by atomic mass is 32.2. The molecule has 2 saturated heterocycles. The fourth-order valence-electron chi connectivity index (χ4n) is 4.74. The van der Waals surface area contributed by atoms with Crippen LogP contribution in [0.5, 0.6) is 0 Å². The molecule has 0 radical (unpaired) electrons. The molecular formula is C16H20O4S. The van der Waals surface area contributed by atoms with E-state index in [2.05, 4.69) is 0 Å². The van der Waals surface area contributed by atoms with Crippen LogP contribution >= 0.6 is 0 Å². The van der Waals surface area contributed by atoms with E-state index < -0.39 is 31.7 Å². The van der Waals surface area contributed by atoms with Crippen molar-refractivity contribution in [3.8, 4) is 0 Å². The van der Waals surface area contributed by atoms with Gasteiger partial charge in [-0.05, 0) is 45.2 Å². The quantitative estimate of drug-likeness (QED) is 0.906. The monoisotopic (exact) mass is 308 g/mol. The van der Waals surface area contributed by atoms with E-state index in [-0.39, 0.29) is 6.10 Å². The van der Waals surface area contributed by atoms with Crippen LogP contribution in [0.15, 0.2) is 35.2 Å². The summed E-state index contributed by atoms with van der Waals surface area (Å²) in [5, 5.41) is 10.2. The van der Waals surface area contributed by atoms with Crippen molar-refractivity contribution in [3.63, 3.8) is 0 Å². The van der Waals surface area contributed by atoms with Crippen LogP contribution in [0.25, 0.3) is 0 Å². The van der Waals surface area contributed by atoms with E-state index >= 15 is 0 Å². The average Bonchev–Trinajstić information content (AvgIpc) is 3.15. The lowest BCUT2D eigenvalue weighted by Crippen LogP contribution is -2.57. The molecule has 0 unspecified atom stereocenters. The van der Waals surface area contributed by atoms with Gasteiger partial charge in [-0.15, -0.1) is 0 Å². The summed E-state index contributed by atoms with van der Waals surface area (Å²) in [6, 6.07) is 8.58. The van der Waals surface area contributed by atoms with E-state index in [1.165, 1.54) is 0 Å². The minimum Gasteiger partial charge on any atom is -0.387 e. The molecule has 3 fully saturated rings. The summed E-state index contributed by atoms with van der Waals surface area (Å²) in [4.78, 5) is 0.350. The van der Waals surface area contributed by atoms with Gasteiger partial charge in [-0.25, -0.2) is 8.42 Å². The molecule has 1 aromatic rings. The highest BCUT2D eigenvalue weighted by Crippen LogP contribution is 2.73. The molecule has 5 heteroatoms. The third-order valence-corrected chi connectivity index (χ3v) is 8.49. The van der Waals surface area contributed by atoms with Crippen LogP contribution < -0.4 is 0 Å². The smallest absolute Gasteiger partial charge is 0.184 e. The third kappa shape index (κ3) is 1.40. The molecule has 4 rings (SSSR count). The van der Waals surface area contributed by atoms with Gasteiger partial charge in [-0.1, -0.05) is 18.2 Å². The SMILES string of the molecule is C[C@]1(O)[C@H]2C[C@H](S(=O)(=O)c3ccccc3)[C@](C)(O2)C12CC2. The van der Waals surface area contributed by atoms with Crippen molar-refractivity contribution in [2.75, 3.05) is 0 Å². The molecule has 4 atom stereocenters. The maximum atomic E-state index is 13.0. The van der Waals surface area contributed by atoms with E-state index in [9.17, 15) is 13.5 Å². The lowest BCUT2D eigenvalue weighted by atomic mass is 9.67. The van der Waals surface area contributed by atoms with E-state index in [4.69, 9.17) is 4.74 Å². The van der Waals surface area contributed by atoms with Gasteiger partial charge in [0.2, 0.25) is 0 Å². The topological polar surface area (TPSA) is 63.6 Å². The number of hydrogen-bond acceptors (Lipinski definition) is 4. The van der Waals surface area contributed by atoms with Crippen LogP contribution in [0.2, 0.25) is 0 Å². The standard InChI is InChI=1S/C16H20O4S/c1-14(17)12-10-13(15(2,20-12)16(14)8-9-16)21(18,19)11-6-4-3-5-7-11/h3-7,12-13,17H,8-10H2,1-2H3/t12-,13+,14+,15+/m1/s1. The number of rotatable bonds is 2. The predicted octanol–water partition coefficient (Wildman–Crippen LogP) is 1.92. The first kappa shape index (κ1) is 13.7. The maximum Gasteiger partial charge on any atom is 0.184 e. The zero-order chi connectivity index (χ0) is 15.1.